The molecule has 1 aromatic carbocycles. The molecule has 3 N–H and O–H groups in total. The van der Waals surface area contributed by atoms with Crippen molar-refractivity contribution in [2.24, 2.45) is 11.8 Å². The molecule has 25 heavy (non-hydrogen) atoms. The zero-order valence-electron chi connectivity index (χ0n) is 14.5. The van der Waals surface area contributed by atoms with Gasteiger partial charge in [-0.2, -0.15) is 0 Å². The molecule has 3 rings (SSSR count). The number of nitrogens with one attached hydrogen (secondary N) is 2. The van der Waals surface area contributed by atoms with Crippen molar-refractivity contribution >= 4 is 11.8 Å². The van der Waals surface area contributed by atoms with Crippen molar-refractivity contribution < 1.29 is 14.7 Å². The summed E-state index contributed by atoms with van der Waals surface area (Å²) in [6.45, 7) is 3.02. The van der Waals surface area contributed by atoms with Gasteiger partial charge in [-0.05, 0) is 18.4 Å². The van der Waals surface area contributed by atoms with Crippen LogP contribution >= 0.6 is 0 Å². The van der Waals surface area contributed by atoms with Crippen molar-refractivity contribution in [3.8, 4) is 0 Å². The van der Waals surface area contributed by atoms with Gasteiger partial charge in [0.1, 0.15) is 0 Å². The Labute approximate surface area is 148 Å². The minimum Gasteiger partial charge on any atom is -0.391 e. The molecule has 136 valence electrons. The Morgan fingerprint density at radius 1 is 1.24 bits per heavy atom. The first-order valence-electron chi connectivity index (χ1n) is 9.11. The molecule has 6 heteroatoms. The molecule has 2 saturated heterocycles. The molecule has 2 amide bonds. The molecule has 2 fully saturated rings. The number of carbonyl (C=O) groups excluding carboxylic acids is 2. The summed E-state index contributed by atoms with van der Waals surface area (Å²) in [5, 5.41) is 15.9. The van der Waals surface area contributed by atoms with Crippen LogP contribution in [-0.4, -0.2) is 60.6 Å². The van der Waals surface area contributed by atoms with E-state index in [-0.39, 0.29) is 23.7 Å². The van der Waals surface area contributed by atoms with Crippen molar-refractivity contribution in [3.63, 3.8) is 0 Å². The van der Waals surface area contributed by atoms with Crippen molar-refractivity contribution in [3.05, 3.63) is 35.9 Å². The minimum absolute atomic E-state index is 0.00342. The summed E-state index contributed by atoms with van der Waals surface area (Å²) in [6.07, 6.45) is 1.66. The Morgan fingerprint density at radius 2 is 2.04 bits per heavy atom. The maximum absolute atomic E-state index is 12.5. The lowest BCUT2D eigenvalue weighted by molar-refractivity contribution is -0.135. The Balaban J connectivity index is 1.48. The van der Waals surface area contributed by atoms with E-state index in [9.17, 15) is 14.7 Å². The van der Waals surface area contributed by atoms with Gasteiger partial charge in [-0.25, -0.2) is 0 Å². The highest BCUT2D eigenvalue weighted by Gasteiger charge is 2.30. The topological polar surface area (TPSA) is 81.7 Å². The Bertz CT molecular complexity index is 593. The SMILES string of the molecule is O=C(NCC1CNCC1O)C1CCCN(C(=O)Cc2ccccc2)C1. The van der Waals surface area contributed by atoms with Crippen LogP contribution in [0, 0.1) is 11.8 Å². The minimum atomic E-state index is -0.393. The lowest BCUT2D eigenvalue weighted by Crippen LogP contribution is -2.47. The summed E-state index contributed by atoms with van der Waals surface area (Å²) in [7, 11) is 0. The first kappa shape index (κ1) is 17.9. The van der Waals surface area contributed by atoms with Crippen LogP contribution in [0.5, 0.6) is 0 Å². The average Bonchev–Trinajstić information content (AvgIpc) is 3.05. The highest BCUT2D eigenvalue weighted by Crippen LogP contribution is 2.18. The van der Waals surface area contributed by atoms with Crippen LogP contribution < -0.4 is 10.6 Å². The second-order valence-electron chi connectivity index (χ2n) is 7.07. The third-order valence-electron chi connectivity index (χ3n) is 5.19. The molecule has 2 heterocycles. The molecular weight excluding hydrogens is 318 g/mol. The number of aliphatic hydroxyl groups excluding tert-OH is 1. The standard InChI is InChI=1S/C19H27N3O3/c23-17-12-20-10-16(17)11-21-19(25)15-7-4-8-22(13-15)18(24)9-14-5-2-1-3-6-14/h1-3,5-6,15-17,20,23H,4,7-13H2,(H,21,25). The largest absolute Gasteiger partial charge is 0.391 e. The number of β-amino-alcohol motifs (C(OH)–C–C–N with tert-alkyl or cyclic N) is 1. The second-order valence-corrected chi connectivity index (χ2v) is 7.07. The summed E-state index contributed by atoms with van der Waals surface area (Å²) in [5.74, 6) is -0.00115. The number of carbonyl (C=O) groups is 2. The Kier molecular flexibility index (Phi) is 6.04. The molecule has 2 aliphatic heterocycles. The van der Waals surface area contributed by atoms with E-state index in [1.54, 1.807) is 0 Å². The first-order chi connectivity index (χ1) is 12.1. The molecule has 2 aliphatic rings. The fraction of sp³-hybridized carbons (Fsp3) is 0.579. The zero-order valence-corrected chi connectivity index (χ0v) is 14.5. The molecule has 6 nitrogen and oxygen atoms in total. The van der Waals surface area contributed by atoms with Crippen LogP contribution in [0.4, 0.5) is 0 Å². The van der Waals surface area contributed by atoms with Crippen molar-refractivity contribution in [2.45, 2.75) is 25.4 Å². The number of likely N-dealkylation sites (tertiary alicyclic amines) is 1. The van der Waals surface area contributed by atoms with Crippen LogP contribution in [0.25, 0.3) is 0 Å². The number of benzene rings is 1. The smallest absolute Gasteiger partial charge is 0.227 e. The van der Waals surface area contributed by atoms with Crippen molar-refractivity contribution in [2.75, 3.05) is 32.7 Å². The predicted octanol–water partition coefficient (Wildman–Crippen LogP) is 0.164. The summed E-state index contributed by atoms with van der Waals surface area (Å²) in [5.41, 5.74) is 1.00. The van der Waals surface area contributed by atoms with Gasteiger partial charge >= 0.3 is 0 Å². The monoisotopic (exact) mass is 345 g/mol. The van der Waals surface area contributed by atoms with Crippen molar-refractivity contribution in [1.82, 2.24) is 15.5 Å². The van der Waals surface area contributed by atoms with Crippen LogP contribution in [0.1, 0.15) is 18.4 Å². The molecule has 0 saturated carbocycles. The van der Waals surface area contributed by atoms with Gasteiger partial charge in [-0.3, -0.25) is 9.59 Å². The number of amides is 2. The number of piperidine rings is 1. The van der Waals surface area contributed by atoms with Gasteiger partial charge in [0, 0.05) is 38.6 Å². The van der Waals surface area contributed by atoms with E-state index in [2.05, 4.69) is 10.6 Å². The van der Waals surface area contributed by atoms with E-state index in [4.69, 9.17) is 0 Å². The van der Waals surface area contributed by atoms with E-state index < -0.39 is 6.10 Å². The lowest BCUT2D eigenvalue weighted by Gasteiger charge is -2.32. The van der Waals surface area contributed by atoms with E-state index in [0.717, 1.165) is 31.5 Å². The van der Waals surface area contributed by atoms with Gasteiger partial charge in [0.25, 0.3) is 0 Å². The molecule has 0 aliphatic carbocycles. The van der Waals surface area contributed by atoms with E-state index in [1.165, 1.54) is 0 Å². The first-order valence-corrected chi connectivity index (χ1v) is 9.11. The summed E-state index contributed by atoms with van der Waals surface area (Å²) in [6, 6.07) is 9.70. The molecule has 0 aromatic heterocycles. The van der Waals surface area contributed by atoms with Gasteiger partial charge in [0.2, 0.25) is 11.8 Å². The molecular formula is C19H27N3O3. The fourth-order valence-corrected chi connectivity index (χ4v) is 3.60. The molecule has 0 bridgehead atoms. The number of aliphatic hydroxyl groups is 1. The summed E-state index contributed by atoms with van der Waals surface area (Å²) in [4.78, 5) is 26.7. The van der Waals surface area contributed by atoms with Crippen LogP contribution in [0.2, 0.25) is 0 Å². The summed E-state index contributed by atoms with van der Waals surface area (Å²) >= 11 is 0. The number of nitrogens with zero attached hydrogens (tertiary/aromatic N) is 1. The van der Waals surface area contributed by atoms with Crippen LogP contribution in [0.3, 0.4) is 0 Å². The molecule has 1 aromatic rings. The van der Waals surface area contributed by atoms with Crippen molar-refractivity contribution in [1.29, 1.82) is 0 Å². The normalized spacial score (nSPS) is 26.4. The zero-order chi connectivity index (χ0) is 17.6. The molecule has 0 spiro atoms. The van der Waals surface area contributed by atoms with Gasteiger partial charge in [-0.1, -0.05) is 30.3 Å². The highest BCUT2D eigenvalue weighted by molar-refractivity contribution is 5.82. The lowest BCUT2D eigenvalue weighted by atomic mass is 9.96. The number of rotatable bonds is 5. The Hall–Kier alpha value is -1.92. The van der Waals surface area contributed by atoms with E-state index in [1.807, 2.05) is 35.2 Å². The molecule has 3 atom stereocenters. The quantitative estimate of drug-likeness (QED) is 0.710. The van der Waals surface area contributed by atoms with E-state index >= 15 is 0 Å². The van der Waals surface area contributed by atoms with Crippen LogP contribution in [-0.2, 0) is 16.0 Å². The second kappa shape index (κ2) is 8.45. The highest BCUT2D eigenvalue weighted by atomic mass is 16.3. The predicted molar refractivity (Wildman–Crippen MR) is 94.8 cm³/mol. The Morgan fingerprint density at radius 3 is 2.76 bits per heavy atom. The fourth-order valence-electron chi connectivity index (χ4n) is 3.60. The van der Waals surface area contributed by atoms with Crippen LogP contribution in [0.15, 0.2) is 30.3 Å². The number of hydrogen-bond donors (Lipinski definition) is 3. The van der Waals surface area contributed by atoms with Gasteiger partial charge < -0.3 is 20.6 Å². The van der Waals surface area contributed by atoms with Gasteiger partial charge in [-0.15, -0.1) is 0 Å². The maximum atomic E-state index is 12.5. The molecule has 0 radical (unpaired) electrons. The van der Waals surface area contributed by atoms with Gasteiger partial charge in [0.15, 0.2) is 0 Å². The summed E-state index contributed by atoms with van der Waals surface area (Å²) < 4.78 is 0. The third kappa shape index (κ3) is 4.80. The maximum Gasteiger partial charge on any atom is 0.227 e. The number of hydrogen-bond acceptors (Lipinski definition) is 4. The third-order valence-corrected chi connectivity index (χ3v) is 5.19. The van der Waals surface area contributed by atoms with E-state index in [0.29, 0.717) is 26.1 Å². The van der Waals surface area contributed by atoms with Gasteiger partial charge in [0.05, 0.1) is 18.4 Å². The molecule has 3 unspecified atom stereocenters. The average molecular weight is 345 g/mol.